The van der Waals surface area contributed by atoms with Gasteiger partial charge in [0, 0.05) is 24.0 Å². The second-order valence-electron chi connectivity index (χ2n) is 4.71. The third-order valence-corrected chi connectivity index (χ3v) is 3.67. The Morgan fingerprint density at radius 3 is 2.16 bits per heavy atom. The Labute approximate surface area is 113 Å². The van der Waals surface area contributed by atoms with Crippen molar-refractivity contribution in [3.63, 3.8) is 0 Å². The number of Topliss-reactive ketones (excluding diaryl/α,β-unsaturated/α-hetero) is 1. The summed E-state index contributed by atoms with van der Waals surface area (Å²) in [6.45, 7) is 0. The average Bonchev–Trinajstić information content (AvgIpc) is 2.46. The van der Waals surface area contributed by atoms with E-state index in [9.17, 15) is 4.79 Å². The molecule has 4 heteroatoms. The van der Waals surface area contributed by atoms with Gasteiger partial charge in [0.05, 0.1) is 21.3 Å². The standard InChI is InChI=1S/C15H20O4/c1-17-13-9-15(19-3)14(18-2)8-11(13)10-6-4-5-7-12(10)16/h8-10H,4-7H2,1-3H3. The summed E-state index contributed by atoms with van der Waals surface area (Å²) in [5, 5.41) is 0. The first-order chi connectivity index (χ1) is 9.21. The first-order valence-electron chi connectivity index (χ1n) is 6.54. The Kier molecular flexibility index (Phi) is 4.30. The van der Waals surface area contributed by atoms with Gasteiger partial charge in [-0.25, -0.2) is 0 Å². The molecular weight excluding hydrogens is 244 g/mol. The molecule has 104 valence electrons. The van der Waals surface area contributed by atoms with Crippen LogP contribution in [0.5, 0.6) is 17.2 Å². The molecule has 2 rings (SSSR count). The fraction of sp³-hybridized carbons (Fsp3) is 0.533. The molecule has 0 saturated heterocycles. The second-order valence-corrected chi connectivity index (χ2v) is 4.71. The molecule has 1 aliphatic carbocycles. The van der Waals surface area contributed by atoms with E-state index in [0.29, 0.717) is 23.7 Å². The number of carbonyl (C=O) groups is 1. The van der Waals surface area contributed by atoms with Crippen LogP contribution in [0.15, 0.2) is 12.1 Å². The van der Waals surface area contributed by atoms with Crippen LogP contribution in [0.3, 0.4) is 0 Å². The summed E-state index contributed by atoms with van der Waals surface area (Å²) >= 11 is 0. The molecule has 0 aliphatic heterocycles. The average molecular weight is 264 g/mol. The minimum Gasteiger partial charge on any atom is -0.496 e. The van der Waals surface area contributed by atoms with Gasteiger partial charge in [0.1, 0.15) is 11.5 Å². The predicted molar refractivity (Wildman–Crippen MR) is 72.3 cm³/mol. The molecule has 0 N–H and O–H groups in total. The highest BCUT2D eigenvalue weighted by Crippen LogP contribution is 2.41. The van der Waals surface area contributed by atoms with Crippen LogP contribution in [0.1, 0.15) is 37.2 Å². The minimum atomic E-state index is -0.0801. The zero-order chi connectivity index (χ0) is 13.8. The molecule has 1 fully saturated rings. The number of hydrogen-bond acceptors (Lipinski definition) is 4. The maximum atomic E-state index is 12.1. The second kappa shape index (κ2) is 5.95. The molecule has 0 amide bonds. The summed E-state index contributed by atoms with van der Waals surface area (Å²) in [5.41, 5.74) is 0.907. The lowest BCUT2D eigenvalue weighted by atomic mass is 9.82. The first-order valence-corrected chi connectivity index (χ1v) is 6.54. The first kappa shape index (κ1) is 13.7. The van der Waals surface area contributed by atoms with Crippen LogP contribution in [0.2, 0.25) is 0 Å². The Balaban J connectivity index is 2.45. The van der Waals surface area contributed by atoms with Crippen LogP contribution in [0.25, 0.3) is 0 Å². The van der Waals surface area contributed by atoms with Crippen molar-refractivity contribution in [3.8, 4) is 17.2 Å². The van der Waals surface area contributed by atoms with E-state index in [1.54, 1.807) is 27.4 Å². The molecule has 1 aliphatic rings. The van der Waals surface area contributed by atoms with Gasteiger partial charge in [0.2, 0.25) is 0 Å². The van der Waals surface area contributed by atoms with E-state index in [-0.39, 0.29) is 11.7 Å². The fourth-order valence-electron chi connectivity index (χ4n) is 2.64. The van der Waals surface area contributed by atoms with Gasteiger partial charge in [-0.2, -0.15) is 0 Å². The SMILES string of the molecule is COc1cc(OC)c(C2CCCCC2=O)cc1OC. The molecule has 0 bridgehead atoms. The summed E-state index contributed by atoms with van der Waals surface area (Å²) in [4.78, 5) is 12.1. The molecular formula is C15H20O4. The smallest absolute Gasteiger partial charge is 0.164 e. The summed E-state index contributed by atoms with van der Waals surface area (Å²) in [6, 6.07) is 3.65. The van der Waals surface area contributed by atoms with E-state index in [0.717, 1.165) is 24.8 Å². The number of ether oxygens (including phenoxy) is 3. The molecule has 0 radical (unpaired) electrons. The highest BCUT2D eigenvalue weighted by molar-refractivity contribution is 5.87. The van der Waals surface area contributed by atoms with E-state index >= 15 is 0 Å². The quantitative estimate of drug-likeness (QED) is 0.838. The monoisotopic (exact) mass is 264 g/mol. The van der Waals surface area contributed by atoms with Gasteiger partial charge in [-0.3, -0.25) is 4.79 Å². The number of hydrogen-bond donors (Lipinski definition) is 0. The molecule has 1 saturated carbocycles. The Morgan fingerprint density at radius 1 is 0.947 bits per heavy atom. The van der Waals surface area contributed by atoms with Crippen molar-refractivity contribution in [2.45, 2.75) is 31.6 Å². The molecule has 1 aromatic carbocycles. The van der Waals surface area contributed by atoms with Gasteiger partial charge in [0.15, 0.2) is 11.5 Å². The lowest BCUT2D eigenvalue weighted by Crippen LogP contribution is -2.17. The zero-order valence-corrected chi connectivity index (χ0v) is 11.7. The van der Waals surface area contributed by atoms with Crippen molar-refractivity contribution in [1.29, 1.82) is 0 Å². The maximum absolute atomic E-state index is 12.1. The molecule has 1 atom stereocenters. The van der Waals surface area contributed by atoms with E-state index in [1.165, 1.54) is 0 Å². The number of ketones is 1. The van der Waals surface area contributed by atoms with Gasteiger partial charge in [-0.15, -0.1) is 0 Å². The van der Waals surface area contributed by atoms with E-state index in [1.807, 2.05) is 6.07 Å². The summed E-state index contributed by atoms with van der Waals surface area (Å²) in [6.07, 6.45) is 3.60. The highest BCUT2D eigenvalue weighted by atomic mass is 16.5. The number of rotatable bonds is 4. The number of benzene rings is 1. The maximum Gasteiger partial charge on any atom is 0.164 e. The third-order valence-electron chi connectivity index (χ3n) is 3.67. The molecule has 4 nitrogen and oxygen atoms in total. The van der Waals surface area contributed by atoms with Gasteiger partial charge in [0.25, 0.3) is 0 Å². The fourth-order valence-corrected chi connectivity index (χ4v) is 2.64. The van der Waals surface area contributed by atoms with Gasteiger partial charge in [-0.1, -0.05) is 6.42 Å². The molecule has 19 heavy (non-hydrogen) atoms. The topological polar surface area (TPSA) is 44.8 Å². The highest BCUT2D eigenvalue weighted by Gasteiger charge is 2.28. The van der Waals surface area contributed by atoms with Crippen molar-refractivity contribution in [3.05, 3.63) is 17.7 Å². The van der Waals surface area contributed by atoms with E-state index < -0.39 is 0 Å². The van der Waals surface area contributed by atoms with Crippen LogP contribution in [0, 0.1) is 0 Å². The minimum absolute atomic E-state index is 0.0801. The lowest BCUT2D eigenvalue weighted by molar-refractivity contribution is -0.121. The van der Waals surface area contributed by atoms with Crippen LogP contribution >= 0.6 is 0 Å². The van der Waals surface area contributed by atoms with Crippen molar-refractivity contribution >= 4 is 5.78 Å². The summed E-state index contributed by atoms with van der Waals surface area (Å²) < 4.78 is 16.0. The number of methoxy groups -OCH3 is 3. The van der Waals surface area contributed by atoms with Crippen LogP contribution in [-0.2, 0) is 4.79 Å². The van der Waals surface area contributed by atoms with Gasteiger partial charge < -0.3 is 14.2 Å². The molecule has 0 aromatic heterocycles. The molecule has 1 aromatic rings. The van der Waals surface area contributed by atoms with Crippen LogP contribution in [-0.4, -0.2) is 27.1 Å². The summed E-state index contributed by atoms with van der Waals surface area (Å²) in [7, 11) is 4.79. The van der Waals surface area contributed by atoms with E-state index in [4.69, 9.17) is 14.2 Å². The third kappa shape index (κ3) is 2.67. The molecule has 0 spiro atoms. The normalized spacial score (nSPS) is 19.1. The number of carbonyl (C=O) groups excluding carboxylic acids is 1. The van der Waals surface area contributed by atoms with Crippen LogP contribution < -0.4 is 14.2 Å². The Bertz CT molecular complexity index is 467. The largest absolute Gasteiger partial charge is 0.496 e. The molecule has 0 heterocycles. The zero-order valence-electron chi connectivity index (χ0n) is 11.7. The molecule has 1 unspecified atom stereocenters. The van der Waals surface area contributed by atoms with Crippen molar-refractivity contribution < 1.29 is 19.0 Å². The van der Waals surface area contributed by atoms with E-state index in [2.05, 4.69) is 0 Å². The predicted octanol–water partition coefficient (Wildman–Crippen LogP) is 2.94. The van der Waals surface area contributed by atoms with Crippen molar-refractivity contribution in [1.82, 2.24) is 0 Å². The van der Waals surface area contributed by atoms with Gasteiger partial charge >= 0.3 is 0 Å². The van der Waals surface area contributed by atoms with Gasteiger partial charge in [-0.05, 0) is 18.9 Å². The van der Waals surface area contributed by atoms with Crippen LogP contribution in [0.4, 0.5) is 0 Å². The van der Waals surface area contributed by atoms with Crippen molar-refractivity contribution in [2.24, 2.45) is 0 Å². The Morgan fingerprint density at radius 2 is 1.58 bits per heavy atom. The van der Waals surface area contributed by atoms with Crippen molar-refractivity contribution in [2.75, 3.05) is 21.3 Å². The lowest BCUT2D eigenvalue weighted by Gasteiger charge is -2.23. The summed E-state index contributed by atoms with van der Waals surface area (Å²) in [5.74, 6) is 2.15. The Hall–Kier alpha value is -1.71.